The molecule has 7 nitrogen and oxygen atoms in total. The third-order valence-corrected chi connectivity index (χ3v) is 4.57. The summed E-state index contributed by atoms with van der Waals surface area (Å²) in [6.45, 7) is 4.66. The van der Waals surface area contributed by atoms with Gasteiger partial charge in [-0.2, -0.15) is 10.1 Å². The number of hydrogen-bond acceptors (Lipinski definition) is 6. The minimum atomic E-state index is -0.146. The molecule has 0 atom stereocenters. The SMILES string of the molecule is Cn1nc(CO)nc1NCCCOc1cccc(CN2CCCCC2)c1. The summed E-state index contributed by atoms with van der Waals surface area (Å²) in [5.74, 6) is 2.02. The van der Waals surface area contributed by atoms with Gasteiger partial charge in [0.1, 0.15) is 12.4 Å². The first-order chi connectivity index (χ1) is 12.7. The molecule has 142 valence electrons. The summed E-state index contributed by atoms with van der Waals surface area (Å²) in [5.41, 5.74) is 1.32. The van der Waals surface area contributed by atoms with Gasteiger partial charge in [-0.1, -0.05) is 18.6 Å². The highest BCUT2D eigenvalue weighted by Gasteiger charge is 2.10. The van der Waals surface area contributed by atoms with E-state index in [1.54, 1.807) is 11.7 Å². The van der Waals surface area contributed by atoms with Gasteiger partial charge in [-0.15, -0.1) is 0 Å². The van der Waals surface area contributed by atoms with Gasteiger partial charge in [0.2, 0.25) is 5.95 Å². The quantitative estimate of drug-likeness (QED) is 0.669. The molecule has 3 rings (SSSR count). The van der Waals surface area contributed by atoms with Crippen molar-refractivity contribution < 1.29 is 9.84 Å². The number of aromatic nitrogens is 3. The number of ether oxygens (including phenoxy) is 1. The third-order valence-electron chi connectivity index (χ3n) is 4.57. The Morgan fingerprint density at radius 1 is 1.23 bits per heavy atom. The van der Waals surface area contributed by atoms with Gasteiger partial charge in [0, 0.05) is 20.1 Å². The van der Waals surface area contributed by atoms with E-state index in [1.165, 1.54) is 37.9 Å². The number of anilines is 1. The zero-order valence-corrected chi connectivity index (χ0v) is 15.5. The summed E-state index contributed by atoms with van der Waals surface area (Å²) in [7, 11) is 1.80. The van der Waals surface area contributed by atoms with Crippen LogP contribution >= 0.6 is 0 Å². The molecule has 1 aromatic carbocycles. The van der Waals surface area contributed by atoms with Crippen LogP contribution in [-0.4, -0.2) is 51.0 Å². The Bertz CT molecular complexity index is 682. The second-order valence-electron chi connectivity index (χ2n) is 6.75. The number of benzene rings is 1. The van der Waals surface area contributed by atoms with Gasteiger partial charge in [0.25, 0.3) is 0 Å². The highest BCUT2D eigenvalue weighted by molar-refractivity contribution is 5.28. The lowest BCUT2D eigenvalue weighted by molar-refractivity contribution is 0.220. The van der Waals surface area contributed by atoms with E-state index < -0.39 is 0 Å². The number of nitrogens with one attached hydrogen (secondary N) is 1. The first-order valence-corrected chi connectivity index (χ1v) is 9.43. The molecule has 1 aliphatic rings. The molecule has 0 spiro atoms. The second kappa shape index (κ2) is 9.54. The van der Waals surface area contributed by atoms with Gasteiger partial charge < -0.3 is 15.2 Å². The van der Waals surface area contributed by atoms with Gasteiger partial charge in [-0.05, 0) is 50.0 Å². The van der Waals surface area contributed by atoms with Crippen LogP contribution in [0.25, 0.3) is 0 Å². The average Bonchev–Trinajstić information content (AvgIpc) is 3.03. The maximum absolute atomic E-state index is 9.05. The molecule has 2 heterocycles. The fourth-order valence-corrected chi connectivity index (χ4v) is 3.23. The molecule has 1 fully saturated rings. The molecule has 7 heteroatoms. The summed E-state index contributed by atoms with van der Waals surface area (Å²) in [6.07, 6.45) is 4.85. The van der Waals surface area contributed by atoms with Crippen molar-refractivity contribution in [2.24, 2.45) is 7.05 Å². The lowest BCUT2D eigenvalue weighted by Crippen LogP contribution is -2.29. The van der Waals surface area contributed by atoms with Crippen LogP contribution < -0.4 is 10.1 Å². The number of nitrogens with zero attached hydrogens (tertiary/aromatic N) is 4. The van der Waals surface area contributed by atoms with Crippen molar-refractivity contribution >= 4 is 5.95 Å². The van der Waals surface area contributed by atoms with Crippen LogP contribution in [-0.2, 0) is 20.2 Å². The fraction of sp³-hybridized carbons (Fsp3) is 0.579. The van der Waals surface area contributed by atoms with E-state index in [0.29, 0.717) is 18.4 Å². The second-order valence-corrected chi connectivity index (χ2v) is 6.75. The molecule has 0 bridgehead atoms. The third kappa shape index (κ3) is 5.44. The summed E-state index contributed by atoms with van der Waals surface area (Å²) >= 11 is 0. The summed E-state index contributed by atoms with van der Waals surface area (Å²) in [6, 6.07) is 8.42. The molecule has 1 saturated heterocycles. The largest absolute Gasteiger partial charge is 0.494 e. The monoisotopic (exact) mass is 359 g/mol. The van der Waals surface area contributed by atoms with Crippen LogP contribution in [0.3, 0.4) is 0 Å². The zero-order chi connectivity index (χ0) is 18.2. The lowest BCUT2D eigenvalue weighted by Gasteiger charge is -2.26. The van der Waals surface area contributed by atoms with E-state index in [0.717, 1.165) is 25.3 Å². The van der Waals surface area contributed by atoms with Crippen LogP contribution in [0.1, 0.15) is 37.1 Å². The summed E-state index contributed by atoms with van der Waals surface area (Å²) in [4.78, 5) is 6.72. The van der Waals surface area contributed by atoms with E-state index in [2.05, 4.69) is 38.5 Å². The van der Waals surface area contributed by atoms with Crippen molar-refractivity contribution in [1.82, 2.24) is 19.7 Å². The Kier molecular flexibility index (Phi) is 6.85. The molecule has 0 amide bonds. The minimum Gasteiger partial charge on any atom is -0.494 e. The molecule has 26 heavy (non-hydrogen) atoms. The van der Waals surface area contributed by atoms with Crippen LogP contribution in [0.4, 0.5) is 5.95 Å². The van der Waals surface area contributed by atoms with Gasteiger partial charge in [-0.3, -0.25) is 4.90 Å². The Labute approximate surface area is 155 Å². The Hall–Kier alpha value is -2.12. The highest BCUT2D eigenvalue weighted by atomic mass is 16.5. The number of aliphatic hydroxyl groups excluding tert-OH is 1. The first-order valence-electron chi connectivity index (χ1n) is 9.43. The zero-order valence-electron chi connectivity index (χ0n) is 15.5. The summed E-state index contributed by atoms with van der Waals surface area (Å²) in [5, 5.41) is 16.3. The van der Waals surface area contributed by atoms with Gasteiger partial charge in [0.05, 0.1) is 6.61 Å². The maximum Gasteiger partial charge on any atom is 0.221 e. The lowest BCUT2D eigenvalue weighted by atomic mass is 10.1. The molecule has 2 N–H and O–H groups in total. The molecule has 1 aromatic heterocycles. The molecule has 0 saturated carbocycles. The first kappa shape index (κ1) is 18.7. The Morgan fingerprint density at radius 3 is 2.85 bits per heavy atom. The number of piperidine rings is 1. The number of hydrogen-bond donors (Lipinski definition) is 2. The van der Waals surface area contributed by atoms with Crippen molar-refractivity contribution in [3.05, 3.63) is 35.7 Å². The van der Waals surface area contributed by atoms with E-state index in [4.69, 9.17) is 9.84 Å². The van der Waals surface area contributed by atoms with Gasteiger partial charge in [-0.25, -0.2) is 4.68 Å². The molecular formula is C19H29N5O2. The average molecular weight is 359 g/mol. The van der Waals surface area contributed by atoms with Crippen LogP contribution in [0.5, 0.6) is 5.75 Å². The highest BCUT2D eigenvalue weighted by Crippen LogP contribution is 2.17. The van der Waals surface area contributed by atoms with Crippen molar-refractivity contribution in [1.29, 1.82) is 0 Å². The van der Waals surface area contributed by atoms with E-state index >= 15 is 0 Å². The van der Waals surface area contributed by atoms with E-state index in [9.17, 15) is 0 Å². The maximum atomic E-state index is 9.05. The Balaban J connectivity index is 1.39. The van der Waals surface area contributed by atoms with Gasteiger partial charge >= 0.3 is 0 Å². The van der Waals surface area contributed by atoms with E-state index in [1.807, 2.05) is 6.07 Å². The topological polar surface area (TPSA) is 75.4 Å². The number of rotatable bonds is 9. The van der Waals surface area contributed by atoms with Crippen LogP contribution in [0, 0.1) is 0 Å². The van der Waals surface area contributed by atoms with E-state index in [-0.39, 0.29) is 6.61 Å². The van der Waals surface area contributed by atoms with Crippen molar-refractivity contribution in [2.45, 2.75) is 38.8 Å². The molecule has 0 aliphatic carbocycles. The summed E-state index contributed by atoms with van der Waals surface area (Å²) < 4.78 is 7.52. The molecule has 1 aliphatic heterocycles. The van der Waals surface area contributed by atoms with Crippen LogP contribution in [0.15, 0.2) is 24.3 Å². The molecule has 0 radical (unpaired) electrons. The van der Waals surface area contributed by atoms with Crippen LogP contribution in [0.2, 0.25) is 0 Å². The fourth-order valence-electron chi connectivity index (χ4n) is 3.23. The van der Waals surface area contributed by atoms with Crippen molar-refractivity contribution in [2.75, 3.05) is 31.6 Å². The Morgan fingerprint density at radius 2 is 2.08 bits per heavy atom. The number of aryl methyl sites for hydroxylation is 1. The molecular weight excluding hydrogens is 330 g/mol. The van der Waals surface area contributed by atoms with Crippen molar-refractivity contribution in [3.8, 4) is 5.75 Å². The molecule has 0 unspecified atom stereocenters. The van der Waals surface area contributed by atoms with Crippen molar-refractivity contribution in [3.63, 3.8) is 0 Å². The predicted octanol–water partition coefficient (Wildman–Crippen LogP) is 2.17. The normalized spacial score (nSPS) is 15.2. The smallest absolute Gasteiger partial charge is 0.221 e. The number of likely N-dealkylation sites (tertiary alicyclic amines) is 1. The predicted molar refractivity (Wildman–Crippen MR) is 101 cm³/mol. The standard InChI is InChI=1S/C19H29N5O2/c1-23-19(21-18(15-25)22-23)20-9-6-12-26-17-8-5-7-16(13-17)14-24-10-3-2-4-11-24/h5,7-8,13,25H,2-4,6,9-12,14-15H2,1H3,(H,20,21,22). The molecule has 2 aromatic rings. The minimum absolute atomic E-state index is 0.146. The van der Waals surface area contributed by atoms with Gasteiger partial charge in [0.15, 0.2) is 5.82 Å². The number of aliphatic hydroxyl groups is 1.